The van der Waals surface area contributed by atoms with E-state index in [2.05, 4.69) is 10.3 Å². The fraction of sp³-hybridized carbons (Fsp3) is 0.500. The Balaban J connectivity index is 2.65. The maximum atomic E-state index is 11.4. The molecule has 21 heavy (non-hydrogen) atoms. The van der Waals surface area contributed by atoms with Crippen molar-refractivity contribution in [3.63, 3.8) is 0 Å². The summed E-state index contributed by atoms with van der Waals surface area (Å²) >= 11 is 0. The van der Waals surface area contributed by atoms with Crippen molar-refractivity contribution in [3.05, 3.63) is 18.2 Å². The molecular formula is C12H18N4O5. The first kappa shape index (κ1) is 16.6. The van der Waals surface area contributed by atoms with Crippen LogP contribution in [0.3, 0.4) is 0 Å². The molecule has 0 bridgehead atoms. The van der Waals surface area contributed by atoms with Crippen LogP contribution in [-0.4, -0.2) is 49.7 Å². The third-order valence-corrected chi connectivity index (χ3v) is 2.71. The summed E-state index contributed by atoms with van der Waals surface area (Å²) in [7, 11) is 0. The smallest absolute Gasteiger partial charge is 0.326 e. The normalized spacial score (nSPS) is 13.4. The summed E-state index contributed by atoms with van der Waals surface area (Å²) in [6.45, 7) is 1.70. The fourth-order valence-electron chi connectivity index (χ4n) is 1.57. The van der Waals surface area contributed by atoms with E-state index < -0.39 is 29.9 Å². The van der Waals surface area contributed by atoms with Gasteiger partial charge in [-0.05, 0) is 6.92 Å². The summed E-state index contributed by atoms with van der Waals surface area (Å²) in [5.74, 6) is -2.69. The van der Waals surface area contributed by atoms with Crippen LogP contribution in [-0.2, 0) is 27.3 Å². The minimum atomic E-state index is -1.19. The van der Waals surface area contributed by atoms with E-state index in [1.54, 1.807) is 10.8 Å². The zero-order valence-corrected chi connectivity index (χ0v) is 11.5. The highest BCUT2D eigenvalue weighted by Gasteiger charge is 2.22. The quantitative estimate of drug-likeness (QED) is 0.472. The van der Waals surface area contributed by atoms with Gasteiger partial charge in [0, 0.05) is 19.2 Å². The molecule has 0 saturated heterocycles. The van der Waals surface area contributed by atoms with Crippen molar-refractivity contribution in [2.75, 3.05) is 0 Å². The number of hydrogen-bond acceptors (Lipinski definition) is 5. The van der Waals surface area contributed by atoms with Gasteiger partial charge in [-0.2, -0.15) is 0 Å². The number of carbonyl (C=O) groups is 3. The van der Waals surface area contributed by atoms with E-state index in [-0.39, 0.29) is 19.4 Å². The summed E-state index contributed by atoms with van der Waals surface area (Å²) in [6, 6.07) is -1.94. The maximum Gasteiger partial charge on any atom is 0.326 e. The monoisotopic (exact) mass is 298 g/mol. The number of aliphatic carboxylic acids is 2. The number of aromatic nitrogens is 2. The number of nitrogens with zero attached hydrogens (tertiary/aromatic N) is 2. The van der Waals surface area contributed by atoms with Crippen molar-refractivity contribution in [3.8, 4) is 0 Å². The lowest BCUT2D eigenvalue weighted by atomic mass is 10.1. The molecule has 0 aromatic carbocycles. The van der Waals surface area contributed by atoms with Crippen LogP contribution in [0.2, 0.25) is 0 Å². The second kappa shape index (κ2) is 7.39. The predicted molar refractivity (Wildman–Crippen MR) is 71.4 cm³/mol. The fourth-order valence-corrected chi connectivity index (χ4v) is 1.57. The highest BCUT2D eigenvalue weighted by Crippen LogP contribution is 2.03. The van der Waals surface area contributed by atoms with Crippen molar-refractivity contribution >= 4 is 17.8 Å². The third-order valence-electron chi connectivity index (χ3n) is 2.71. The first-order chi connectivity index (χ1) is 9.79. The Morgan fingerprint density at radius 1 is 1.43 bits per heavy atom. The Hall–Kier alpha value is -2.42. The Kier molecular flexibility index (Phi) is 5.85. The van der Waals surface area contributed by atoms with Gasteiger partial charge >= 0.3 is 11.9 Å². The highest BCUT2D eigenvalue weighted by atomic mass is 16.4. The summed E-state index contributed by atoms with van der Waals surface area (Å²) in [5, 5.41) is 20.0. The van der Waals surface area contributed by atoms with Crippen LogP contribution in [0, 0.1) is 0 Å². The average molecular weight is 298 g/mol. The summed E-state index contributed by atoms with van der Waals surface area (Å²) in [4.78, 5) is 37.0. The lowest BCUT2D eigenvalue weighted by Gasteiger charge is -2.14. The van der Waals surface area contributed by atoms with E-state index in [0.717, 1.165) is 0 Å². The Bertz CT molecular complexity index is 525. The Morgan fingerprint density at radius 2 is 2.10 bits per heavy atom. The van der Waals surface area contributed by atoms with Gasteiger partial charge in [0.25, 0.3) is 0 Å². The van der Waals surface area contributed by atoms with E-state index in [4.69, 9.17) is 15.9 Å². The molecule has 1 aromatic heterocycles. The number of rotatable bonds is 8. The number of aryl methyl sites for hydroxylation is 1. The van der Waals surface area contributed by atoms with Crippen molar-refractivity contribution in [2.45, 2.75) is 38.4 Å². The topological polar surface area (TPSA) is 148 Å². The number of amides is 1. The molecule has 116 valence electrons. The maximum absolute atomic E-state index is 11.4. The van der Waals surface area contributed by atoms with Gasteiger partial charge in [0.15, 0.2) is 0 Å². The molecule has 0 saturated carbocycles. The Labute approximate surface area is 120 Å². The van der Waals surface area contributed by atoms with Crippen LogP contribution in [0.5, 0.6) is 0 Å². The van der Waals surface area contributed by atoms with Crippen molar-refractivity contribution in [1.29, 1.82) is 0 Å². The molecule has 0 fully saturated rings. The van der Waals surface area contributed by atoms with Crippen molar-refractivity contribution in [1.82, 2.24) is 14.9 Å². The van der Waals surface area contributed by atoms with Crippen LogP contribution in [0.15, 0.2) is 12.5 Å². The van der Waals surface area contributed by atoms with Crippen LogP contribution in [0.1, 0.15) is 19.0 Å². The number of carboxylic acid groups (broad SMARTS) is 2. The largest absolute Gasteiger partial charge is 0.481 e. The number of nitrogens with two attached hydrogens (primary N) is 1. The molecule has 0 aliphatic carbocycles. The zero-order valence-electron chi connectivity index (χ0n) is 11.5. The average Bonchev–Trinajstić information content (AvgIpc) is 2.82. The second-order valence-electron chi connectivity index (χ2n) is 4.64. The van der Waals surface area contributed by atoms with Crippen molar-refractivity contribution < 1.29 is 24.6 Å². The molecule has 1 amide bonds. The molecule has 5 N–H and O–H groups in total. The summed E-state index contributed by atoms with van der Waals surface area (Å²) in [6.07, 6.45) is 2.91. The van der Waals surface area contributed by atoms with E-state index >= 15 is 0 Å². The molecule has 9 heteroatoms. The van der Waals surface area contributed by atoms with Crippen LogP contribution < -0.4 is 11.1 Å². The molecule has 0 aliphatic heterocycles. The number of carboxylic acids is 2. The van der Waals surface area contributed by atoms with Gasteiger partial charge in [-0.3, -0.25) is 9.59 Å². The van der Waals surface area contributed by atoms with Crippen LogP contribution >= 0.6 is 0 Å². The lowest BCUT2D eigenvalue weighted by Crippen LogP contribution is -2.48. The van der Waals surface area contributed by atoms with Crippen molar-refractivity contribution in [2.24, 2.45) is 5.73 Å². The second-order valence-corrected chi connectivity index (χ2v) is 4.64. The SMILES string of the molecule is CC(N)C(=O)NC(Cc1cn(CCC(=O)O)cn1)C(=O)O. The molecule has 1 aromatic rings. The standard InChI is InChI=1S/C12H18N4O5/c1-7(13)11(19)15-9(12(20)21)4-8-5-16(6-14-8)3-2-10(17)18/h5-7,9H,2-4,13H2,1H3,(H,15,19)(H,17,18)(H,20,21). The van der Waals surface area contributed by atoms with Gasteiger partial charge < -0.3 is 25.8 Å². The van der Waals surface area contributed by atoms with Crippen LogP contribution in [0.4, 0.5) is 0 Å². The number of hydrogen-bond donors (Lipinski definition) is 4. The highest BCUT2D eigenvalue weighted by molar-refractivity contribution is 5.86. The van der Waals surface area contributed by atoms with Gasteiger partial charge in [-0.1, -0.05) is 0 Å². The van der Waals surface area contributed by atoms with E-state index in [1.807, 2.05) is 0 Å². The number of nitrogens with one attached hydrogen (secondary N) is 1. The molecule has 2 atom stereocenters. The molecule has 0 spiro atoms. The Morgan fingerprint density at radius 3 is 2.62 bits per heavy atom. The lowest BCUT2D eigenvalue weighted by molar-refractivity contribution is -0.142. The minimum absolute atomic E-state index is 0.00609. The van der Waals surface area contributed by atoms with Gasteiger partial charge in [0.1, 0.15) is 6.04 Å². The molecule has 2 unspecified atom stereocenters. The molecule has 9 nitrogen and oxygen atoms in total. The molecule has 0 aliphatic rings. The summed E-state index contributed by atoms with van der Waals surface area (Å²) < 4.78 is 1.55. The first-order valence-electron chi connectivity index (χ1n) is 6.30. The number of carbonyl (C=O) groups excluding carboxylic acids is 1. The molecule has 1 heterocycles. The molecule has 0 radical (unpaired) electrons. The molecular weight excluding hydrogens is 280 g/mol. The number of imidazole rings is 1. The van der Waals surface area contributed by atoms with Gasteiger partial charge in [-0.15, -0.1) is 0 Å². The van der Waals surface area contributed by atoms with E-state index in [9.17, 15) is 14.4 Å². The van der Waals surface area contributed by atoms with Gasteiger partial charge in [0.2, 0.25) is 5.91 Å². The predicted octanol–water partition coefficient (Wildman–Crippen LogP) is -1.18. The van der Waals surface area contributed by atoms with E-state index in [1.165, 1.54) is 13.3 Å². The van der Waals surface area contributed by atoms with Gasteiger partial charge in [-0.25, -0.2) is 9.78 Å². The van der Waals surface area contributed by atoms with Gasteiger partial charge in [0.05, 0.1) is 24.5 Å². The van der Waals surface area contributed by atoms with Crippen LogP contribution in [0.25, 0.3) is 0 Å². The third kappa shape index (κ3) is 5.61. The molecule has 1 rings (SSSR count). The first-order valence-corrected chi connectivity index (χ1v) is 6.30. The minimum Gasteiger partial charge on any atom is -0.481 e. The van der Waals surface area contributed by atoms with E-state index in [0.29, 0.717) is 5.69 Å². The summed E-state index contributed by atoms with van der Waals surface area (Å²) in [5.41, 5.74) is 5.81. The zero-order chi connectivity index (χ0) is 16.0.